The number of hydrogen-bond acceptors (Lipinski definition) is 0. The van der Waals surface area contributed by atoms with Gasteiger partial charge in [-0.1, -0.05) is 40.5 Å². The first-order valence-electron chi connectivity index (χ1n) is 6.92. The minimum Gasteiger partial charge on any atom is -0.0620 e. The molecule has 0 saturated heterocycles. The van der Waals surface area contributed by atoms with Gasteiger partial charge in [0.1, 0.15) is 0 Å². The molecule has 0 amide bonds. The zero-order valence-corrected chi connectivity index (χ0v) is 10.9. The lowest BCUT2D eigenvalue weighted by molar-refractivity contribution is -0.00336. The van der Waals surface area contributed by atoms with Crippen molar-refractivity contribution in [1.29, 1.82) is 0 Å². The van der Waals surface area contributed by atoms with Crippen LogP contribution in [-0.4, -0.2) is 0 Å². The molecule has 4 atom stereocenters. The monoisotopic (exact) mass is 206 g/mol. The highest BCUT2D eigenvalue weighted by atomic mass is 14.7. The van der Waals surface area contributed by atoms with Crippen molar-refractivity contribution in [2.45, 2.75) is 66.2 Å². The van der Waals surface area contributed by atoms with E-state index in [9.17, 15) is 0 Å². The van der Waals surface area contributed by atoms with Crippen molar-refractivity contribution >= 4 is 0 Å². The lowest BCUT2D eigenvalue weighted by atomic mass is 9.55. The van der Waals surface area contributed by atoms with E-state index in [1.165, 1.54) is 32.1 Å². The highest BCUT2D eigenvalue weighted by molar-refractivity contribution is 5.18. The lowest BCUT2D eigenvalue weighted by Gasteiger charge is -2.49. The van der Waals surface area contributed by atoms with Gasteiger partial charge >= 0.3 is 0 Å². The quantitative estimate of drug-likeness (QED) is 0.541. The van der Waals surface area contributed by atoms with Gasteiger partial charge in [0, 0.05) is 0 Å². The Kier molecular flexibility index (Phi) is 1.78. The van der Waals surface area contributed by atoms with Crippen molar-refractivity contribution in [3.8, 4) is 0 Å². The van der Waals surface area contributed by atoms with E-state index in [1.54, 1.807) is 6.42 Å². The molecule has 0 radical (unpaired) electrons. The van der Waals surface area contributed by atoms with Crippen LogP contribution in [0, 0.1) is 28.1 Å². The Morgan fingerprint density at radius 2 is 1.73 bits per heavy atom. The summed E-state index contributed by atoms with van der Waals surface area (Å²) in [7, 11) is 0. The van der Waals surface area contributed by atoms with E-state index in [2.05, 4.69) is 27.7 Å². The third-order valence-electron chi connectivity index (χ3n) is 6.78. The molecule has 0 heterocycles. The highest BCUT2D eigenvalue weighted by Gasteiger charge is 2.69. The first kappa shape index (κ1) is 10.2. The zero-order chi connectivity index (χ0) is 10.9. The summed E-state index contributed by atoms with van der Waals surface area (Å²) >= 11 is 0. The van der Waals surface area contributed by atoms with Gasteiger partial charge in [-0.2, -0.15) is 0 Å². The van der Waals surface area contributed by atoms with E-state index in [1.807, 2.05) is 0 Å². The lowest BCUT2D eigenvalue weighted by Crippen LogP contribution is -2.41. The van der Waals surface area contributed by atoms with E-state index >= 15 is 0 Å². The fourth-order valence-corrected chi connectivity index (χ4v) is 6.29. The normalized spacial score (nSPS) is 56.8. The maximum absolute atomic E-state index is 2.63. The second-order valence-electron chi connectivity index (χ2n) is 7.62. The van der Waals surface area contributed by atoms with Gasteiger partial charge in [0.2, 0.25) is 0 Å². The van der Waals surface area contributed by atoms with Crippen LogP contribution in [0.4, 0.5) is 0 Å². The molecule has 0 spiro atoms. The van der Waals surface area contributed by atoms with Gasteiger partial charge in [0.25, 0.3) is 0 Å². The van der Waals surface area contributed by atoms with E-state index in [0.29, 0.717) is 10.8 Å². The van der Waals surface area contributed by atoms with Gasteiger partial charge in [-0.05, 0) is 53.8 Å². The minimum absolute atomic E-state index is 0.631. The van der Waals surface area contributed by atoms with Crippen LogP contribution in [0.2, 0.25) is 0 Å². The summed E-state index contributed by atoms with van der Waals surface area (Å²) in [5.41, 5.74) is 2.07. The molecule has 0 N–H and O–H groups in total. The molecule has 15 heavy (non-hydrogen) atoms. The molecular formula is C15H26. The summed E-state index contributed by atoms with van der Waals surface area (Å²) in [6.45, 7) is 10.2. The van der Waals surface area contributed by atoms with Crippen LogP contribution in [0.1, 0.15) is 66.2 Å². The highest BCUT2D eigenvalue weighted by Crippen LogP contribution is 2.77. The van der Waals surface area contributed by atoms with Gasteiger partial charge in [0.05, 0.1) is 0 Å². The molecule has 3 unspecified atom stereocenters. The molecule has 3 aliphatic carbocycles. The average Bonchev–Trinajstić information content (AvgIpc) is 2.50. The Hall–Kier alpha value is 0. The smallest absolute Gasteiger partial charge is 0.0210 e. The molecular weight excluding hydrogens is 180 g/mol. The maximum atomic E-state index is 2.63. The van der Waals surface area contributed by atoms with Crippen molar-refractivity contribution < 1.29 is 0 Å². The summed E-state index contributed by atoms with van der Waals surface area (Å²) in [6.07, 6.45) is 9.09. The van der Waals surface area contributed by atoms with Crippen molar-refractivity contribution in [3.63, 3.8) is 0 Å². The standard InChI is InChI=1S/C15H26/c1-11-6-5-8-14(4)12-7-9-15(11,14)10-13(12,2)3/h11-12H,5-10H2,1-4H3/t11?,12?,14-,15?/m0/s1. The molecule has 3 fully saturated rings. The van der Waals surface area contributed by atoms with E-state index in [4.69, 9.17) is 0 Å². The molecule has 0 aromatic rings. The maximum Gasteiger partial charge on any atom is -0.0210 e. The van der Waals surface area contributed by atoms with Gasteiger partial charge in [-0.25, -0.2) is 0 Å². The largest absolute Gasteiger partial charge is 0.0620 e. The van der Waals surface area contributed by atoms with Crippen LogP contribution in [0.25, 0.3) is 0 Å². The fraction of sp³-hybridized carbons (Fsp3) is 1.00. The first-order chi connectivity index (χ1) is 6.92. The molecule has 0 aromatic carbocycles. The predicted octanol–water partition coefficient (Wildman–Crippen LogP) is 4.64. The minimum atomic E-state index is 0.631. The van der Waals surface area contributed by atoms with E-state index in [0.717, 1.165) is 17.3 Å². The predicted molar refractivity (Wildman–Crippen MR) is 64.7 cm³/mol. The molecule has 0 nitrogen and oxygen atoms in total. The topological polar surface area (TPSA) is 0 Å². The van der Waals surface area contributed by atoms with Gasteiger partial charge < -0.3 is 0 Å². The van der Waals surface area contributed by atoms with Gasteiger partial charge in [0.15, 0.2) is 0 Å². The third kappa shape index (κ3) is 0.953. The fourth-order valence-electron chi connectivity index (χ4n) is 6.29. The molecule has 3 rings (SSSR count). The van der Waals surface area contributed by atoms with Crippen LogP contribution in [-0.2, 0) is 0 Å². The number of hydrogen-bond donors (Lipinski definition) is 0. The Bertz CT molecular complexity index is 290. The molecule has 0 aliphatic heterocycles. The van der Waals surface area contributed by atoms with Crippen molar-refractivity contribution in [3.05, 3.63) is 0 Å². The van der Waals surface area contributed by atoms with Crippen molar-refractivity contribution in [2.75, 3.05) is 0 Å². The SMILES string of the molecule is CC1CCC[C@@]2(C)C3CCC12CC3(C)C. The summed E-state index contributed by atoms with van der Waals surface area (Å²) < 4.78 is 0. The summed E-state index contributed by atoms with van der Waals surface area (Å²) in [6, 6.07) is 0. The Morgan fingerprint density at radius 3 is 2.33 bits per heavy atom. The molecule has 3 saturated carbocycles. The molecule has 2 bridgehead atoms. The van der Waals surface area contributed by atoms with Gasteiger partial charge in [-0.15, -0.1) is 0 Å². The molecule has 86 valence electrons. The molecule has 0 aromatic heterocycles. The average molecular weight is 206 g/mol. The molecule has 3 aliphatic rings. The second-order valence-corrected chi connectivity index (χ2v) is 7.62. The molecule has 0 heteroatoms. The summed E-state index contributed by atoms with van der Waals surface area (Å²) in [4.78, 5) is 0. The van der Waals surface area contributed by atoms with Crippen LogP contribution < -0.4 is 0 Å². The Morgan fingerprint density at radius 1 is 1.00 bits per heavy atom. The first-order valence-corrected chi connectivity index (χ1v) is 6.92. The Labute approximate surface area is 94.8 Å². The number of rotatable bonds is 0. The summed E-state index contributed by atoms with van der Waals surface area (Å²) in [5.74, 6) is 2.01. The van der Waals surface area contributed by atoms with Crippen molar-refractivity contribution in [2.24, 2.45) is 28.1 Å². The van der Waals surface area contributed by atoms with E-state index < -0.39 is 0 Å². The van der Waals surface area contributed by atoms with Crippen LogP contribution in [0.5, 0.6) is 0 Å². The van der Waals surface area contributed by atoms with Gasteiger partial charge in [-0.3, -0.25) is 0 Å². The summed E-state index contributed by atoms with van der Waals surface area (Å²) in [5, 5.41) is 0. The van der Waals surface area contributed by atoms with Crippen molar-refractivity contribution in [1.82, 2.24) is 0 Å². The Balaban J connectivity index is 2.10. The van der Waals surface area contributed by atoms with E-state index in [-0.39, 0.29) is 0 Å². The second kappa shape index (κ2) is 2.63. The van der Waals surface area contributed by atoms with Crippen LogP contribution in [0.3, 0.4) is 0 Å². The third-order valence-corrected chi connectivity index (χ3v) is 6.78. The van der Waals surface area contributed by atoms with Crippen LogP contribution >= 0.6 is 0 Å². The zero-order valence-electron chi connectivity index (χ0n) is 10.9. The van der Waals surface area contributed by atoms with Crippen LogP contribution in [0.15, 0.2) is 0 Å².